The van der Waals surface area contributed by atoms with Gasteiger partial charge in [0.25, 0.3) is 10.0 Å². The molecular formula is C14H22ClNO2S2. The number of piperidine rings is 1. The molecule has 6 heteroatoms. The molecule has 0 bridgehead atoms. The Hall–Kier alpha value is -0.100. The van der Waals surface area contributed by atoms with Gasteiger partial charge in [-0.3, -0.25) is 0 Å². The van der Waals surface area contributed by atoms with Crippen LogP contribution in [0.2, 0.25) is 0 Å². The fraction of sp³-hybridized carbons (Fsp3) is 0.714. The van der Waals surface area contributed by atoms with Crippen LogP contribution >= 0.6 is 22.9 Å². The Kier molecular flexibility index (Phi) is 5.90. The minimum absolute atomic E-state index is 0.464. The second-order valence-electron chi connectivity index (χ2n) is 5.30. The maximum absolute atomic E-state index is 12.6. The molecule has 0 atom stereocenters. The Balaban J connectivity index is 2.03. The molecule has 0 radical (unpaired) electrons. The van der Waals surface area contributed by atoms with Crippen LogP contribution in [0.4, 0.5) is 0 Å². The summed E-state index contributed by atoms with van der Waals surface area (Å²) in [6.07, 6.45) is 5.12. The van der Waals surface area contributed by atoms with Crippen LogP contribution in [0, 0.1) is 5.92 Å². The van der Waals surface area contributed by atoms with E-state index in [2.05, 4.69) is 6.92 Å². The second-order valence-corrected chi connectivity index (χ2v) is 9.01. The molecule has 0 aromatic carbocycles. The van der Waals surface area contributed by atoms with Crippen molar-refractivity contribution in [1.29, 1.82) is 0 Å². The number of hydrogen-bond donors (Lipinski definition) is 0. The highest BCUT2D eigenvalue weighted by atomic mass is 35.5. The van der Waals surface area contributed by atoms with Gasteiger partial charge in [0.2, 0.25) is 0 Å². The number of aryl methyl sites for hydroxylation is 1. The van der Waals surface area contributed by atoms with Gasteiger partial charge in [0.15, 0.2) is 0 Å². The molecule has 114 valence electrons. The molecule has 1 fully saturated rings. The SMILES string of the molecule is CCCC1CCN(S(=O)(=O)c2ccc(CCCl)s2)CC1. The van der Waals surface area contributed by atoms with Crippen LogP contribution in [0.25, 0.3) is 0 Å². The number of rotatable bonds is 6. The first-order valence-electron chi connectivity index (χ1n) is 7.22. The molecule has 0 N–H and O–H groups in total. The van der Waals surface area contributed by atoms with Gasteiger partial charge in [0.1, 0.15) is 4.21 Å². The van der Waals surface area contributed by atoms with Crippen molar-refractivity contribution in [2.75, 3.05) is 19.0 Å². The van der Waals surface area contributed by atoms with Crippen molar-refractivity contribution in [2.45, 2.75) is 43.2 Å². The monoisotopic (exact) mass is 335 g/mol. The van der Waals surface area contributed by atoms with Crippen LogP contribution in [0.3, 0.4) is 0 Å². The molecule has 20 heavy (non-hydrogen) atoms. The van der Waals surface area contributed by atoms with Crippen LogP contribution < -0.4 is 0 Å². The molecule has 0 saturated carbocycles. The van der Waals surface area contributed by atoms with Gasteiger partial charge in [0, 0.05) is 23.8 Å². The zero-order valence-electron chi connectivity index (χ0n) is 11.8. The Bertz CT molecular complexity index is 519. The third kappa shape index (κ3) is 3.75. The normalized spacial score (nSPS) is 18.5. The molecule has 0 unspecified atom stereocenters. The third-order valence-electron chi connectivity index (χ3n) is 3.84. The van der Waals surface area contributed by atoms with Gasteiger partial charge in [-0.25, -0.2) is 8.42 Å². The lowest BCUT2D eigenvalue weighted by atomic mass is 9.94. The molecule has 2 rings (SSSR count). The average Bonchev–Trinajstić information content (AvgIpc) is 2.90. The summed E-state index contributed by atoms with van der Waals surface area (Å²) in [4.78, 5) is 1.04. The van der Waals surface area contributed by atoms with Gasteiger partial charge in [-0.2, -0.15) is 4.31 Å². The summed E-state index contributed by atoms with van der Waals surface area (Å²) >= 11 is 7.06. The molecule has 1 aliphatic rings. The summed E-state index contributed by atoms with van der Waals surface area (Å²) in [5.41, 5.74) is 0. The van der Waals surface area contributed by atoms with Gasteiger partial charge in [0.05, 0.1) is 0 Å². The summed E-state index contributed by atoms with van der Waals surface area (Å²) in [5, 5.41) is 0. The average molecular weight is 336 g/mol. The summed E-state index contributed by atoms with van der Waals surface area (Å²) in [6, 6.07) is 3.60. The van der Waals surface area contributed by atoms with Gasteiger partial charge >= 0.3 is 0 Å². The molecular weight excluding hydrogens is 314 g/mol. The zero-order valence-corrected chi connectivity index (χ0v) is 14.2. The molecule has 0 spiro atoms. The fourth-order valence-corrected chi connectivity index (χ4v) is 5.99. The van der Waals surface area contributed by atoms with Gasteiger partial charge in [-0.15, -0.1) is 22.9 Å². The van der Waals surface area contributed by atoms with Crippen molar-refractivity contribution < 1.29 is 8.42 Å². The van der Waals surface area contributed by atoms with Crippen molar-refractivity contribution in [3.63, 3.8) is 0 Å². The number of halogens is 1. The summed E-state index contributed by atoms with van der Waals surface area (Å²) in [5.74, 6) is 1.23. The van der Waals surface area contributed by atoms with E-state index >= 15 is 0 Å². The smallest absolute Gasteiger partial charge is 0.206 e. The van der Waals surface area contributed by atoms with Crippen LogP contribution in [-0.2, 0) is 16.4 Å². The van der Waals surface area contributed by atoms with Crippen molar-refractivity contribution in [3.8, 4) is 0 Å². The lowest BCUT2D eigenvalue weighted by Crippen LogP contribution is -2.38. The predicted octanol–water partition coefficient (Wildman–Crippen LogP) is 3.73. The highest BCUT2D eigenvalue weighted by Gasteiger charge is 2.30. The highest BCUT2D eigenvalue weighted by molar-refractivity contribution is 7.91. The molecule has 3 nitrogen and oxygen atoms in total. The molecule has 1 aromatic rings. The van der Waals surface area contributed by atoms with Crippen molar-refractivity contribution in [2.24, 2.45) is 5.92 Å². The first-order valence-corrected chi connectivity index (χ1v) is 10.0. The maximum Gasteiger partial charge on any atom is 0.252 e. The van der Waals surface area contributed by atoms with E-state index in [1.807, 2.05) is 6.07 Å². The van der Waals surface area contributed by atoms with Crippen LogP contribution in [-0.4, -0.2) is 31.7 Å². The Labute approximate surface area is 131 Å². The Morgan fingerprint density at radius 3 is 2.65 bits per heavy atom. The van der Waals surface area contributed by atoms with Gasteiger partial charge < -0.3 is 0 Å². The summed E-state index contributed by atoms with van der Waals surface area (Å²) in [6.45, 7) is 3.51. The maximum atomic E-state index is 12.6. The second kappa shape index (κ2) is 7.25. The van der Waals surface area contributed by atoms with Crippen LogP contribution in [0.5, 0.6) is 0 Å². The topological polar surface area (TPSA) is 37.4 Å². The quantitative estimate of drug-likeness (QED) is 0.743. The van der Waals surface area contributed by atoms with E-state index < -0.39 is 10.0 Å². The third-order valence-corrected chi connectivity index (χ3v) is 7.54. The minimum Gasteiger partial charge on any atom is -0.206 e. The molecule has 0 aliphatic carbocycles. The van der Waals surface area contributed by atoms with Crippen molar-refractivity contribution in [1.82, 2.24) is 4.31 Å². The largest absolute Gasteiger partial charge is 0.252 e. The number of alkyl halides is 1. The zero-order chi connectivity index (χ0) is 14.6. The predicted molar refractivity (Wildman–Crippen MR) is 85.1 cm³/mol. The number of sulfonamides is 1. The van der Waals surface area contributed by atoms with Gasteiger partial charge in [-0.1, -0.05) is 19.8 Å². The molecule has 2 heterocycles. The van der Waals surface area contributed by atoms with E-state index in [-0.39, 0.29) is 0 Å². The van der Waals surface area contributed by atoms with Crippen molar-refractivity contribution >= 4 is 33.0 Å². The van der Waals surface area contributed by atoms with Crippen LogP contribution in [0.1, 0.15) is 37.5 Å². The molecule has 1 aliphatic heterocycles. The Morgan fingerprint density at radius 1 is 1.35 bits per heavy atom. The first kappa shape index (κ1) is 16.3. The van der Waals surface area contributed by atoms with E-state index in [1.54, 1.807) is 10.4 Å². The summed E-state index contributed by atoms with van der Waals surface area (Å²) < 4.78 is 27.3. The summed E-state index contributed by atoms with van der Waals surface area (Å²) in [7, 11) is -3.29. The van der Waals surface area contributed by atoms with E-state index in [0.29, 0.717) is 29.1 Å². The lowest BCUT2D eigenvalue weighted by molar-refractivity contribution is 0.263. The van der Waals surface area contributed by atoms with Crippen LogP contribution in [0.15, 0.2) is 16.3 Å². The van der Waals surface area contributed by atoms with E-state index in [4.69, 9.17) is 11.6 Å². The van der Waals surface area contributed by atoms with E-state index in [1.165, 1.54) is 24.2 Å². The Morgan fingerprint density at radius 2 is 2.05 bits per heavy atom. The molecule has 1 aromatic heterocycles. The van der Waals surface area contributed by atoms with Crippen molar-refractivity contribution in [3.05, 3.63) is 17.0 Å². The molecule has 1 saturated heterocycles. The first-order chi connectivity index (χ1) is 9.57. The molecule has 0 amide bonds. The lowest BCUT2D eigenvalue weighted by Gasteiger charge is -2.30. The highest BCUT2D eigenvalue weighted by Crippen LogP contribution is 2.29. The standard InChI is InChI=1S/C14H22ClNO2S2/c1-2-3-12-7-10-16(11-8-12)20(17,18)14-5-4-13(19-14)6-9-15/h4-5,12H,2-3,6-11H2,1H3. The van der Waals surface area contributed by atoms with Gasteiger partial charge in [-0.05, 0) is 37.3 Å². The van der Waals surface area contributed by atoms with E-state index in [0.717, 1.165) is 24.1 Å². The number of nitrogens with zero attached hydrogens (tertiary/aromatic N) is 1. The fourth-order valence-electron chi connectivity index (χ4n) is 2.70. The minimum atomic E-state index is -3.29. The van der Waals surface area contributed by atoms with E-state index in [9.17, 15) is 8.42 Å². The number of thiophene rings is 1. The number of hydrogen-bond acceptors (Lipinski definition) is 3.